The van der Waals surface area contributed by atoms with E-state index < -0.39 is 5.97 Å². The van der Waals surface area contributed by atoms with Gasteiger partial charge < -0.3 is 14.6 Å². The zero-order valence-electron chi connectivity index (χ0n) is 16.7. The number of Topliss-reactive ketones (excluding diaryl/α,β-unsaturated/α-hetero) is 1. The second-order valence-electron chi connectivity index (χ2n) is 6.73. The number of thiophene rings is 1. The predicted molar refractivity (Wildman–Crippen MR) is 112 cm³/mol. The summed E-state index contributed by atoms with van der Waals surface area (Å²) in [6.07, 6.45) is 4.26. The third-order valence-corrected chi connectivity index (χ3v) is 6.88. The minimum absolute atomic E-state index is 0.132. The molecule has 29 heavy (non-hydrogen) atoms. The zero-order chi connectivity index (χ0) is 21.0. The van der Waals surface area contributed by atoms with Crippen LogP contribution in [0, 0.1) is 6.92 Å². The summed E-state index contributed by atoms with van der Waals surface area (Å²) in [5.74, 6) is 0.128. The Morgan fingerprint density at radius 1 is 1.24 bits per heavy atom. The molecule has 0 aromatic carbocycles. The van der Waals surface area contributed by atoms with Gasteiger partial charge in [0.25, 0.3) is 0 Å². The van der Waals surface area contributed by atoms with Gasteiger partial charge in [0.15, 0.2) is 10.9 Å². The summed E-state index contributed by atoms with van der Waals surface area (Å²) >= 11 is 2.42. The van der Waals surface area contributed by atoms with E-state index in [4.69, 9.17) is 4.74 Å². The van der Waals surface area contributed by atoms with E-state index in [1.807, 2.05) is 0 Å². The second kappa shape index (κ2) is 9.53. The number of nitrogens with one attached hydrogen (secondary N) is 1. The number of ketones is 1. The van der Waals surface area contributed by atoms with Gasteiger partial charge in [0.2, 0.25) is 5.91 Å². The van der Waals surface area contributed by atoms with Crippen molar-refractivity contribution < 1.29 is 19.1 Å². The number of carbonyl (C=O) groups excluding carboxylic acids is 3. The minimum atomic E-state index is -0.542. The molecule has 0 spiro atoms. The molecule has 1 aliphatic heterocycles. The number of carbonyl (C=O) groups is 3. The number of fused-ring (bicyclic) bond motifs is 1. The summed E-state index contributed by atoms with van der Waals surface area (Å²) in [5, 5.41) is 12.3. The molecular formula is C19H24N4O4S2. The normalized spacial score (nSPS) is 13.5. The standard InChI is InChI=1S/C19H24N4O4S2/c1-4-27-18(26)15-11(2)16(12(3)24)29-17(15)20-14(25)10-28-19-22-21-13-8-6-5-7-9-23(13)19/h4-10H2,1-3H3,(H,20,25). The number of aryl methyl sites for hydroxylation is 1. The molecule has 0 fully saturated rings. The van der Waals surface area contributed by atoms with Crippen LogP contribution in [-0.4, -0.2) is 44.8 Å². The van der Waals surface area contributed by atoms with Crippen molar-refractivity contribution in [2.75, 3.05) is 17.7 Å². The van der Waals surface area contributed by atoms with Crippen LogP contribution in [0.25, 0.3) is 0 Å². The molecule has 0 saturated heterocycles. The summed E-state index contributed by atoms with van der Waals surface area (Å²) in [6, 6.07) is 0. The molecule has 10 heteroatoms. The van der Waals surface area contributed by atoms with Crippen LogP contribution in [0.4, 0.5) is 5.00 Å². The molecule has 0 saturated carbocycles. The van der Waals surface area contributed by atoms with Crippen LogP contribution in [0.15, 0.2) is 5.16 Å². The summed E-state index contributed by atoms with van der Waals surface area (Å²) in [7, 11) is 0. The van der Waals surface area contributed by atoms with Gasteiger partial charge >= 0.3 is 5.97 Å². The monoisotopic (exact) mass is 436 g/mol. The van der Waals surface area contributed by atoms with E-state index in [0.29, 0.717) is 15.4 Å². The molecule has 3 rings (SSSR count). The van der Waals surface area contributed by atoms with Gasteiger partial charge in [-0.2, -0.15) is 0 Å². The molecule has 0 unspecified atom stereocenters. The summed E-state index contributed by atoms with van der Waals surface area (Å²) in [5.41, 5.74) is 0.781. The average molecular weight is 437 g/mol. The Morgan fingerprint density at radius 3 is 2.76 bits per heavy atom. The minimum Gasteiger partial charge on any atom is -0.462 e. The predicted octanol–water partition coefficient (Wildman–Crippen LogP) is 3.48. The van der Waals surface area contributed by atoms with E-state index >= 15 is 0 Å². The molecule has 0 aliphatic carbocycles. The zero-order valence-corrected chi connectivity index (χ0v) is 18.4. The number of hydrogen-bond acceptors (Lipinski definition) is 8. The molecule has 1 amide bonds. The van der Waals surface area contributed by atoms with Crippen LogP contribution in [0.3, 0.4) is 0 Å². The fourth-order valence-corrected chi connectivity index (χ4v) is 5.13. The van der Waals surface area contributed by atoms with Crippen molar-refractivity contribution in [3.05, 3.63) is 21.8 Å². The molecule has 2 aromatic rings. The smallest absolute Gasteiger partial charge is 0.341 e. The van der Waals surface area contributed by atoms with Crippen LogP contribution >= 0.6 is 23.1 Å². The Kier molecular flexibility index (Phi) is 7.07. The van der Waals surface area contributed by atoms with Gasteiger partial charge in [-0.05, 0) is 39.2 Å². The lowest BCUT2D eigenvalue weighted by atomic mass is 10.1. The van der Waals surface area contributed by atoms with Crippen molar-refractivity contribution in [3.63, 3.8) is 0 Å². The van der Waals surface area contributed by atoms with Crippen molar-refractivity contribution in [2.45, 2.75) is 58.2 Å². The summed E-state index contributed by atoms with van der Waals surface area (Å²) in [4.78, 5) is 37.2. The molecule has 8 nitrogen and oxygen atoms in total. The topological polar surface area (TPSA) is 103 Å². The van der Waals surface area contributed by atoms with Gasteiger partial charge in [-0.1, -0.05) is 18.2 Å². The van der Waals surface area contributed by atoms with Crippen LogP contribution in [0.2, 0.25) is 0 Å². The lowest BCUT2D eigenvalue weighted by molar-refractivity contribution is -0.113. The molecule has 1 N–H and O–H groups in total. The van der Waals surface area contributed by atoms with Gasteiger partial charge in [-0.25, -0.2) is 4.79 Å². The van der Waals surface area contributed by atoms with E-state index in [1.54, 1.807) is 13.8 Å². The van der Waals surface area contributed by atoms with Crippen molar-refractivity contribution in [2.24, 2.45) is 0 Å². The number of thioether (sulfide) groups is 1. The number of aromatic nitrogens is 3. The van der Waals surface area contributed by atoms with Gasteiger partial charge in [0.05, 0.1) is 22.8 Å². The Hall–Kier alpha value is -2.20. The van der Waals surface area contributed by atoms with Crippen molar-refractivity contribution in [1.82, 2.24) is 14.8 Å². The quantitative estimate of drug-likeness (QED) is 0.402. The highest BCUT2D eigenvalue weighted by atomic mass is 32.2. The number of ether oxygens (including phenoxy) is 1. The lowest BCUT2D eigenvalue weighted by Gasteiger charge is -2.08. The van der Waals surface area contributed by atoms with Crippen LogP contribution < -0.4 is 5.32 Å². The fraction of sp³-hybridized carbons (Fsp3) is 0.526. The first-order valence-corrected chi connectivity index (χ1v) is 11.4. The SMILES string of the molecule is CCOC(=O)c1c(NC(=O)CSc2nnc3n2CCCCC3)sc(C(C)=O)c1C. The molecule has 0 radical (unpaired) electrons. The number of hydrogen-bond donors (Lipinski definition) is 1. The number of esters is 1. The number of amides is 1. The molecule has 1 aliphatic rings. The van der Waals surface area contributed by atoms with Crippen molar-refractivity contribution >= 4 is 45.8 Å². The van der Waals surface area contributed by atoms with Crippen LogP contribution in [0.1, 0.15) is 64.5 Å². The van der Waals surface area contributed by atoms with Crippen LogP contribution in [0.5, 0.6) is 0 Å². The van der Waals surface area contributed by atoms with E-state index in [-0.39, 0.29) is 29.6 Å². The highest BCUT2D eigenvalue weighted by Crippen LogP contribution is 2.34. The number of anilines is 1. The highest BCUT2D eigenvalue weighted by Gasteiger charge is 2.25. The highest BCUT2D eigenvalue weighted by molar-refractivity contribution is 7.99. The van der Waals surface area contributed by atoms with Gasteiger partial charge in [-0.3, -0.25) is 9.59 Å². The largest absolute Gasteiger partial charge is 0.462 e. The summed E-state index contributed by atoms with van der Waals surface area (Å²) < 4.78 is 7.18. The molecular weight excluding hydrogens is 412 g/mol. The van der Waals surface area contributed by atoms with E-state index in [2.05, 4.69) is 20.1 Å². The first-order chi connectivity index (χ1) is 13.9. The van der Waals surface area contributed by atoms with Crippen LogP contribution in [-0.2, 0) is 22.5 Å². The lowest BCUT2D eigenvalue weighted by Crippen LogP contribution is -2.17. The maximum absolute atomic E-state index is 12.5. The summed E-state index contributed by atoms with van der Waals surface area (Å²) in [6.45, 7) is 5.92. The van der Waals surface area contributed by atoms with Gasteiger partial charge in [0.1, 0.15) is 10.8 Å². The molecule has 0 atom stereocenters. The van der Waals surface area contributed by atoms with Crippen molar-refractivity contribution in [3.8, 4) is 0 Å². The maximum Gasteiger partial charge on any atom is 0.341 e. The van der Waals surface area contributed by atoms with Gasteiger partial charge in [-0.15, -0.1) is 21.5 Å². The average Bonchev–Trinajstić information content (AvgIpc) is 3.11. The third-order valence-electron chi connectivity index (χ3n) is 4.61. The van der Waals surface area contributed by atoms with Gasteiger partial charge in [0, 0.05) is 13.0 Å². The Bertz CT molecular complexity index is 935. The Labute approximate surface area is 177 Å². The first-order valence-electron chi connectivity index (χ1n) is 9.58. The molecule has 156 valence electrons. The third kappa shape index (κ3) is 4.87. The Morgan fingerprint density at radius 2 is 2.03 bits per heavy atom. The Balaban J connectivity index is 1.72. The fourth-order valence-electron chi connectivity index (χ4n) is 3.24. The molecule has 2 aromatic heterocycles. The first kappa shape index (κ1) is 21.5. The van der Waals surface area contributed by atoms with E-state index in [0.717, 1.165) is 48.1 Å². The van der Waals surface area contributed by atoms with E-state index in [9.17, 15) is 14.4 Å². The van der Waals surface area contributed by atoms with E-state index in [1.165, 1.54) is 25.1 Å². The second-order valence-corrected chi connectivity index (χ2v) is 8.70. The van der Waals surface area contributed by atoms with Crippen molar-refractivity contribution in [1.29, 1.82) is 0 Å². The number of rotatable bonds is 7. The molecule has 0 bridgehead atoms. The molecule has 3 heterocycles. The number of nitrogens with zero attached hydrogens (tertiary/aromatic N) is 3. The maximum atomic E-state index is 12.5.